The molecule has 3 aromatic carbocycles. The molecule has 0 bridgehead atoms. The van der Waals surface area contributed by atoms with Gasteiger partial charge in [0, 0.05) is 29.0 Å². The molecular weight excluding hydrogens is 546 g/mol. The third-order valence-corrected chi connectivity index (χ3v) is 9.48. The second kappa shape index (κ2) is 11.3. The van der Waals surface area contributed by atoms with Crippen molar-refractivity contribution in [2.45, 2.75) is 41.4 Å². The number of sulfonamides is 1. The molecule has 38 heavy (non-hydrogen) atoms. The third kappa shape index (κ3) is 6.10. The van der Waals surface area contributed by atoms with E-state index in [9.17, 15) is 21.6 Å². The fourth-order valence-electron chi connectivity index (χ4n) is 4.21. The predicted molar refractivity (Wildman–Crippen MR) is 148 cm³/mol. The maximum atomic E-state index is 13.8. The Balaban J connectivity index is 1.49. The number of H-pyrrole nitrogens is 1. The van der Waals surface area contributed by atoms with Crippen molar-refractivity contribution in [3.05, 3.63) is 88.6 Å². The molecule has 1 aromatic heterocycles. The number of nitrogens with one attached hydrogen (secondary N) is 3. The molecule has 0 aliphatic rings. The van der Waals surface area contributed by atoms with E-state index in [2.05, 4.69) is 15.0 Å². The normalized spacial score (nSPS) is 12.1. The molecule has 0 unspecified atom stereocenters. The second-order valence-electron chi connectivity index (χ2n) is 9.02. The Labute approximate surface area is 227 Å². The molecule has 8 nitrogen and oxygen atoms in total. The van der Waals surface area contributed by atoms with Gasteiger partial charge in [-0.15, -0.1) is 0 Å². The lowest BCUT2D eigenvalue weighted by Gasteiger charge is -2.10. The highest BCUT2D eigenvalue weighted by Crippen LogP contribution is 2.34. The van der Waals surface area contributed by atoms with Crippen LogP contribution in [0.25, 0.3) is 10.9 Å². The largest absolute Gasteiger partial charge is 0.351 e. The van der Waals surface area contributed by atoms with E-state index in [1.165, 1.54) is 18.2 Å². The first-order chi connectivity index (χ1) is 18.0. The Morgan fingerprint density at radius 1 is 0.842 bits per heavy atom. The molecule has 0 spiro atoms. The van der Waals surface area contributed by atoms with Crippen molar-refractivity contribution in [1.82, 2.24) is 15.0 Å². The van der Waals surface area contributed by atoms with Crippen LogP contribution in [0.15, 0.2) is 81.4 Å². The Morgan fingerprint density at radius 2 is 1.50 bits per heavy atom. The van der Waals surface area contributed by atoms with Crippen LogP contribution in [0, 0.1) is 13.8 Å². The summed E-state index contributed by atoms with van der Waals surface area (Å²) in [4.78, 5) is 16.2. The number of sulfone groups is 1. The summed E-state index contributed by atoms with van der Waals surface area (Å²) in [5.41, 5.74) is 1.97. The number of aromatic amines is 1. The van der Waals surface area contributed by atoms with Crippen molar-refractivity contribution in [2.75, 3.05) is 13.1 Å². The van der Waals surface area contributed by atoms with Gasteiger partial charge in [-0.05, 0) is 80.3 Å². The number of carbonyl (C=O) groups is 1. The molecule has 0 atom stereocenters. The highest BCUT2D eigenvalue weighted by molar-refractivity contribution is 7.91. The number of unbranched alkanes of at least 4 members (excludes halogenated alkanes) is 1. The van der Waals surface area contributed by atoms with E-state index < -0.39 is 25.8 Å². The van der Waals surface area contributed by atoms with Crippen LogP contribution in [-0.4, -0.2) is 40.8 Å². The van der Waals surface area contributed by atoms with Gasteiger partial charge in [-0.2, -0.15) is 0 Å². The molecule has 11 heteroatoms. The second-order valence-corrected chi connectivity index (χ2v) is 13.1. The molecule has 0 aliphatic heterocycles. The number of carbonyl (C=O) groups excluding carboxylic acids is 1. The number of hydrogen-bond donors (Lipinski definition) is 3. The van der Waals surface area contributed by atoms with Gasteiger partial charge in [-0.1, -0.05) is 35.9 Å². The number of amides is 1. The molecule has 1 heterocycles. The van der Waals surface area contributed by atoms with Gasteiger partial charge in [-0.25, -0.2) is 21.6 Å². The van der Waals surface area contributed by atoms with Gasteiger partial charge in [0.05, 0.1) is 9.79 Å². The van der Waals surface area contributed by atoms with Gasteiger partial charge in [0.25, 0.3) is 5.91 Å². The molecule has 4 aromatic rings. The van der Waals surface area contributed by atoms with Gasteiger partial charge in [0.2, 0.25) is 19.9 Å². The lowest BCUT2D eigenvalue weighted by atomic mass is 10.2. The van der Waals surface area contributed by atoms with Crippen molar-refractivity contribution in [3.8, 4) is 0 Å². The smallest absolute Gasteiger partial charge is 0.269 e. The van der Waals surface area contributed by atoms with Crippen molar-refractivity contribution in [1.29, 1.82) is 0 Å². The minimum Gasteiger partial charge on any atom is -0.351 e. The summed E-state index contributed by atoms with van der Waals surface area (Å²) in [5, 5.41) is 3.42. The summed E-state index contributed by atoms with van der Waals surface area (Å²) in [6.07, 6.45) is 0.955. The standard InChI is InChI=1S/C27H28ClN3O5S2/c1-18-14-19(2)16-22(15-18)37(33,34)26-23-17-20(28)10-11-24(23)31-25(26)27(32)29-12-6-7-13-30-38(35,36)21-8-4-3-5-9-21/h3-5,8-11,14-17,30-31H,6-7,12-13H2,1-2H3,(H,29,32). The van der Waals surface area contributed by atoms with Crippen LogP contribution in [0.2, 0.25) is 5.02 Å². The predicted octanol–water partition coefficient (Wildman–Crippen LogP) is 4.76. The number of halogens is 1. The molecule has 4 rings (SSSR count). The van der Waals surface area contributed by atoms with E-state index in [0.717, 1.165) is 11.1 Å². The third-order valence-electron chi connectivity index (χ3n) is 5.95. The monoisotopic (exact) mass is 573 g/mol. The van der Waals surface area contributed by atoms with Crippen molar-refractivity contribution in [3.63, 3.8) is 0 Å². The Hall–Kier alpha value is -3.18. The van der Waals surface area contributed by atoms with Crippen LogP contribution in [0.3, 0.4) is 0 Å². The Kier molecular flexibility index (Phi) is 8.27. The molecule has 0 saturated carbocycles. The summed E-state index contributed by atoms with van der Waals surface area (Å²) in [6, 6.07) is 17.9. The van der Waals surface area contributed by atoms with Gasteiger partial charge in [0.1, 0.15) is 10.6 Å². The van der Waals surface area contributed by atoms with Gasteiger partial charge in [-0.3, -0.25) is 4.79 Å². The minimum atomic E-state index is -4.07. The molecule has 0 fully saturated rings. The molecule has 0 saturated heterocycles. The lowest BCUT2D eigenvalue weighted by molar-refractivity contribution is 0.0945. The maximum absolute atomic E-state index is 13.8. The van der Waals surface area contributed by atoms with Crippen LogP contribution < -0.4 is 10.0 Å². The first kappa shape index (κ1) is 27.8. The number of aryl methyl sites for hydroxylation is 2. The highest BCUT2D eigenvalue weighted by Gasteiger charge is 2.30. The van der Waals surface area contributed by atoms with Crippen molar-refractivity contribution < 1.29 is 21.6 Å². The zero-order valence-corrected chi connectivity index (χ0v) is 23.3. The number of hydrogen-bond acceptors (Lipinski definition) is 5. The summed E-state index contributed by atoms with van der Waals surface area (Å²) in [5.74, 6) is -0.579. The highest BCUT2D eigenvalue weighted by atomic mass is 35.5. The number of benzene rings is 3. The summed E-state index contributed by atoms with van der Waals surface area (Å²) >= 11 is 6.17. The zero-order chi connectivity index (χ0) is 27.5. The SMILES string of the molecule is Cc1cc(C)cc(S(=O)(=O)c2c(C(=O)NCCCCNS(=O)(=O)c3ccccc3)[nH]c3ccc(Cl)cc23)c1. The van der Waals surface area contributed by atoms with Crippen LogP contribution in [-0.2, 0) is 19.9 Å². The fourth-order valence-corrected chi connectivity index (χ4v) is 7.27. The van der Waals surface area contributed by atoms with E-state index in [4.69, 9.17) is 11.6 Å². The first-order valence-electron chi connectivity index (χ1n) is 12.0. The molecule has 200 valence electrons. The summed E-state index contributed by atoms with van der Waals surface area (Å²) in [6.45, 7) is 4.05. The topological polar surface area (TPSA) is 125 Å². The fraction of sp³-hybridized carbons (Fsp3) is 0.222. The van der Waals surface area contributed by atoms with Gasteiger partial charge >= 0.3 is 0 Å². The molecule has 0 radical (unpaired) electrons. The van der Waals surface area contributed by atoms with Gasteiger partial charge in [0.15, 0.2) is 0 Å². The van der Waals surface area contributed by atoms with E-state index in [0.29, 0.717) is 28.8 Å². The maximum Gasteiger partial charge on any atom is 0.269 e. The van der Waals surface area contributed by atoms with Crippen molar-refractivity contribution in [2.24, 2.45) is 0 Å². The Bertz CT molecular complexity index is 1680. The number of aromatic nitrogens is 1. The molecule has 0 aliphatic carbocycles. The van der Waals surface area contributed by atoms with Crippen LogP contribution in [0.1, 0.15) is 34.5 Å². The lowest BCUT2D eigenvalue weighted by Crippen LogP contribution is -2.28. The molecular formula is C27H28ClN3O5S2. The van der Waals surface area contributed by atoms with E-state index in [1.54, 1.807) is 42.5 Å². The van der Waals surface area contributed by atoms with E-state index >= 15 is 0 Å². The van der Waals surface area contributed by atoms with Crippen LogP contribution in [0.4, 0.5) is 0 Å². The van der Waals surface area contributed by atoms with E-state index in [-0.39, 0.29) is 33.5 Å². The average molecular weight is 574 g/mol. The summed E-state index contributed by atoms with van der Waals surface area (Å²) < 4.78 is 54.7. The minimum absolute atomic E-state index is 0.0776. The first-order valence-corrected chi connectivity index (χ1v) is 15.3. The number of rotatable bonds is 10. The summed E-state index contributed by atoms with van der Waals surface area (Å²) in [7, 11) is -7.67. The Morgan fingerprint density at radius 3 is 2.18 bits per heavy atom. The quantitative estimate of drug-likeness (QED) is 0.236. The van der Waals surface area contributed by atoms with Crippen LogP contribution in [0.5, 0.6) is 0 Å². The van der Waals surface area contributed by atoms with Gasteiger partial charge < -0.3 is 10.3 Å². The molecule has 3 N–H and O–H groups in total. The molecule has 1 amide bonds. The number of fused-ring (bicyclic) bond motifs is 1. The van der Waals surface area contributed by atoms with Crippen molar-refractivity contribution >= 4 is 48.3 Å². The average Bonchev–Trinajstić information content (AvgIpc) is 3.25. The van der Waals surface area contributed by atoms with Crippen LogP contribution >= 0.6 is 11.6 Å². The van der Waals surface area contributed by atoms with E-state index in [1.807, 2.05) is 19.9 Å². The zero-order valence-electron chi connectivity index (χ0n) is 20.9.